The van der Waals surface area contributed by atoms with Crippen LogP contribution in [0, 0.1) is 0 Å². The predicted octanol–water partition coefficient (Wildman–Crippen LogP) is 3.87. The monoisotopic (exact) mass is 299 g/mol. The van der Waals surface area contributed by atoms with Gasteiger partial charge in [-0.15, -0.1) is 0 Å². The lowest BCUT2D eigenvalue weighted by Gasteiger charge is -2.07. The van der Waals surface area contributed by atoms with Crippen LogP contribution >= 0.6 is 15.9 Å². The Morgan fingerprint density at radius 3 is 2.72 bits per heavy atom. The second kappa shape index (κ2) is 4.50. The average molecular weight is 300 g/mol. The maximum atomic E-state index is 11.3. The number of para-hydroxylation sites is 1. The molecule has 0 saturated heterocycles. The van der Waals surface area contributed by atoms with Gasteiger partial charge in [0, 0.05) is 4.47 Å². The van der Waals surface area contributed by atoms with Crippen molar-refractivity contribution < 1.29 is 4.79 Å². The van der Waals surface area contributed by atoms with Gasteiger partial charge in [-0.1, -0.05) is 46.3 Å². The number of halogens is 1. The van der Waals surface area contributed by atoms with Crippen molar-refractivity contribution >= 4 is 33.6 Å². The number of carbonyl (C=O) groups excluding carboxylic acids is 1. The topological polar surface area (TPSA) is 29.4 Å². The highest BCUT2D eigenvalue weighted by molar-refractivity contribution is 9.10. The summed E-state index contributed by atoms with van der Waals surface area (Å²) in [5, 5.41) is 0. The van der Waals surface area contributed by atoms with Crippen molar-refractivity contribution in [1.82, 2.24) is 0 Å². The molecule has 2 aromatic carbocycles. The van der Waals surface area contributed by atoms with Gasteiger partial charge in [-0.25, -0.2) is 0 Å². The zero-order valence-electron chi connectivity index (χ0n) is 9.51. The number of nitrogens with zero attached hydrogens (tertiary/aromatic N) is 1. The maximum absolute atomic E-state index is 11.3. The standard InChI is InChI=1S/C15H10BrNO/c16-11-5-3-4-10(8-11)15-13(9-18)12-6-1-2-7-14(12)17-15/h1-9,13H. The zero-order chi connectivity index (χ0) is 12.5. The molecule has 1 atom stereocenters. The van der Waals surface area contributed by atoms with E-state index in [4.69, 9.17) is 0 Å². The Hall–Kier alpha value is -1.74. The van der Waals surface area contributed by atoms with Crippen molar-refractivity contribution in [1.29, 1.82) is 0 Å². The molecule has 0 saturated carbocycles. The van der Waals surface area contributed by atoms with Crippen molar-refractivity contribution in [3.8, 4) is 0 Å². The first-order chi connectivity index (χ1) is 8.79. The second-order valence-electron chi connectivity index (χ2n) is 4.18. The van der Waals surface area contributed by atoms with Crippen molar-refractivity contribution in [2.24, 2.45) is 4.99 Å². The van der Waals surface area contributed by atoms with Crippen LogP contribution in [0.4, 0.5) is 5.69 Å². The Balaban J connectivity index is 2.12. The highest BCUT2D eigenvalue weighted by Gasteiger charge is 2.27. The summed E-state index contributed by atoms with van der Waals surface area (Å²) in [6.07, 6.45) is 0.964. The molecule has 0 aromatic heterocycles. The Morgan fingerprint density at radius 1 is 1.11 bits per heavy atom. The SMILES string of the molecule is O=CC1C(c2cccc(Br)c2)=Nc2ccccc21. The van der Waals surface area contributed by atoms with E-state index in [9.17, 15) is 4.79 Å². The fourth-order valence-electron chi connectivity index (χ4n) is 2.23. The summed E-state index contributed by atoms with van der Waals surface area (Å²) in [6, 6.07) is 15.7. The molecule has 0 amide bonds. The van der Waals surface area contributed by atoms with Crippen LogP contribution in [0.2, 0.25) is 0 Å². The summed E-state index contributed by atoms with van der Waals surface area (Å²) in [5.74, 6) is -0.254. The Bertz CT molecular complexity index is 648. The first kappa shape index (κ1) is 11.4. The van der Waals surface area contributed by atoms with Gasteiger partial charge in [0.1, 0.15) is 6.29 Å². The molecule has 88 valence electrons. The number of fused-ring (bicyclic) bond motifs is 1. The first-order valence-corrected chi connectivity index (χ1v) is 6.47. The molecule has 2 aromatic rings. The molecule has 3 heteroatoms. The highest BCUT2D eigenvalue weighted by Crippen LogP contribution is 2.36. The smallest absolute Gasteiger partial charge is 0.133 e. The summed E-state index contributed by atoms with van der Waals surface area (Å²) in [6.45, 7) is 0. The van der Waals surface area contributed by atoms with E-state index in [2.05, 4.69) is 20.9 Å². The molecule has 1 unspecified atom stereocenters. The zero-order valence-corrected chi connectivity index (χ0v) is 11.1. The molecule has 2 nitrogen and oxygen atoms in total. The van der Waals surface area contributed by atoms with E-state index in [1.165, 1.54) is 0 Å². The highest BCUT2D eigenvalue weighted by atomic mass is 79.9. The minimum absolute atomic E-state index is 0.254. The third-order valence-corrected chi connectivity index (χ3v) is 3.56. The molecule has 3 rings (SSSR count). The molecule has 1 aliphatic heterocycles. The van der Waals surface area contributed by atoms with Gasteiger partial charge in [0.25, 0.3) is 0 Å². The summed E-state index contributed by atoms with van der Waals surface area (Å²) in [7, 11) is 0. The molecular formula is C15H10BrNO. The summed E-state index contributed by atoms with van der Waals surface area (Å²) in [5.41, 5.74) is 3.69. The van der Waals surface area contributed by atoms with E-state index >= 15 is 0 Å². The molecule has 0 aliphatic carbocycles. The number of benzene rings is 2. The van der Waals surface area contributed by atoms with Crippen LogP contribution in [-0.4, -0.2) is 12.0 Å². The van der Waals surface area contributed by atoms with Gasteiger partial charge in [-0.2, -0.15) is 0 Å². The van der Waals surface area contributed by atoms with E-state index in [0.29, 0.717) is 0 Å². The van der Waals surface area contributed by atoms with E-state index in [0.717, 1.165) is 33.3 Å². The van der Waals surface area contributed by atoms with Crippen LogP contribution in [0.5, 0.6) is 0 Å². The molecule has 0 fully saturated rings. The summed E-state index contributed by atoms with van der Waals surface area (Å²) in [4.78, 5) is 15.9. The average Bonchev–Trinajstić information content (AvgIpc) is 2.77. The number of rotatable bonds is 2. The number of aldehydes is 1. The van der Waals surface area contributed by atoms with Crippen molar-refractivity contribution in [3.63, 3.8) is 0 Å². The fraction of sp³-hybridized carbons (Fsp3) is 0.0667. The minimum atomic E-state index is -0.254. The van der Waals surface area contributed by atoms with Crippen LogP contribution in [0.15, 0.2) is 58.0 Å². The molecular weight excluding hydrogens is 290 g/mol. The number of carbonyl (C=O) groups is 1. The lowest BCUT2D eigenvalue weighted by molar-refractivity contribution is -0.107. The molecule has 0 bridgehead atoms. The van der Waals surface area contributed by atoms with E-state index in [-0.39, 0.29) is 5.92 Å². The van der Waals surface area contributed by atoms with Gasteiger partial charge in [0.05, 0.1) is 17.3 Å². The number of hydrogen-bond donors (Lipinski definition) is 0. The third kappa shape index (κ3) is 1.81. The van der Waals surface area contributed by atoms with Crippen LogP contribution < -0.4 is 0 Å². The fourth-order valence-corrected chi connectivity index (χ4v) is 2.63. The van der Waals surface area contributed by atoms with Gasteiger partial charge < -0.3 is 4.79 Å². The molecule has 0 radical (unpaired) electrons. The Labute approximate surface area is 114 Å². The molecule has 0 N–H and O–H groups in total. The van der Waals surface area contributed by atoms with Gasteiger partial charge >= 0.3 is 0 Å². The third-order valence-electron chi connectivity index (χ3n) is 3.06. The van der Waals surface area contributed by atoms with E-state index in [1.807, 2.05) is 48.5 Å². The van der Waals surface area contributed by atoms with Gasteiger partial charge in [0.2, 0.25) is 0 Å². The quantitative estimate of drug-likeness (QED) is 0.774. The molecule has 1 heterocycles. The van der Waals surface area contributed by atoms with Crippen LogP contribution in [0.3, 0.4) is 0 Å². The van der Waals surface area contributed by atoms with Crippen molar-refractivity contribution in [3.05, 3.63) is 64.1 Å². The lowest BCUT2D eigenvalue weighted by Crippen LogP contribution is -2.11. The first-order valence-electron chi connectivity index (χ1n) is 5.68. The largest absolute Gasteiger partial charge is 0.302 e. The van der Waals surface area contributed by atoms with Gasteiger partial charge in [-0.3, -0.25) is 4.99 Å². The lowest BCUT2D eigenvalue weighted by atomic mass is 9.93. The normalized spacial score (nSPS) is 17.2. The maximum Gasteiger partial charge on any atom is 0.133 e. The molecule has 0 spiro atoms. The minimum Gasteiger partial charge on any atom is -0.302 e. The van der Waals surface area contributed by atoms with Crippen LogP contribution in [-0.2, 0) is 4.79 Å². The predicted molar refractivity (Wildman–Crippen MR) is 75.6 cm³/mol. The second-order valence-corrected chi connectivity index (χ2v) is 5.10. The van der Waals surface area contributed by atoms with Crippen molar-refractivity contribution in [2.45, 2.75) is 5.92 Å². The Morgan fingerprint density at radius 2 is 1.94 bits per heavy atom. The number of hydrogen-bond acceptors (Lipinski definition) is 2. The van der Waals surface area contributed by atoms with Crippen LogP contribution in [0.25, 0.3) is 0 Å². The molecule has 1 aliphatic rings. The summed E-state index contributed by atoms with van der Waals surface area (Å²) < 4.78 is 0.989. The summed E-state index contributed by atoms with van der Waals surface area (Å²) >= 11 is 3.44. The molecule has 18 heavy (non-hydrogen) atoms. The van der Waals surface area contributed by atoms with Crippen LogP contribution in [0.1, 0.15) is 17.0 Å². The van der Waals surface area contributed by atoms with Crippen molar-refractivity contribution in [2.75, 3.05) is 0 Å². The van der Waals surface area contributed by atoms with Gasteiger partial charge in [0.15, 0.2) is 0 Å². The Kier molecular flexibility index (Phi) is 2.84. The number of aliphatic imine (C=N–C) groups is 1. The van der Waals surface area contributed by atoms with E-state index in [1.54, 1.807) is 0 Å². The van der Waals surface area contributed by atoms with Gasteiger partial charge in [-0.05, 0) is 29.3 Å². The van der Waals surface area contributed by atoms with E-state index < -0.39 is 0 Å².